The molecule has 0 saturated carbocycles. The first-order chi connectivity index (χ1) is 20.5. The van der Waals surface area contributed by atoms with E-state index < -0.39 is 10.0 Å². The number of ether oxygens (including phenoxy) is 1. The minimum absolute atomic E-state index is 0.0676. The lowest BCUT2D eigenvalue weighted by atomic mass is 10.0. The van der Waals surface area contributed by atoms with E-state index in [-0.39, 0.29) is 17.3 Å². The van der Waals surface area contributed by atoms with Crippen molar-refractivity contribution in [3.05, 3.63) is 125 Å². The number of piperidine rings is 1. The average Bonchev–Trinajstić information content (AvgIpc) is 3.04. The van der Waals surface area contributed by atoms with Gasteiger partial charge in [0.25, 0.3) is 15.9 Å². The summed E-state index contributed by atoms with van der Waals surface area (Å²) in [6, 6.07) is 30.7. The maximum Gasteiger partial charge on any atom is 0.264 e. The number of likely N-dealkylation sites (tertiary alicyclic amines) is 1. The van der Waals surface area contributed by atoms with Gasteiger partial charge in [-0.2, -0.15) is 0 Å². The van der Waals surface area contributed by atoms with Crippen LogP contribution >= 0.6 is 0 Å². The zero-order valence-corrected chi connectivity index (χ0v) is 24.7. The van der Waals surface area contributed by atoms with Gasteiger partial charge in [-0.05, 0) is 79.0 Å². The van der Waals surface area contributed by atoms with E-state index in [9.17, 15) is 13.2 Å². The highest BCUT2D eigenvalue weighted by Gasteiger charge is 2.29. The van der Waals surface area contributed by atoms with Gasteiger partial charge in [-0.25, -0.2) is 8.42 Å². The van der Waals surface area contributed by atoms with Crippen molar-refractivity contribution in [1.82, 2.24) is 10.2 Å². The molecule has 1 aliphatic rings. The van der Waals surface area contributed by atoms with E-state index in [1.54, 1.807) is 36.4 Å². The highest BCUT2D eigenvalue weighted by molar-refractivity contribution is 7.92. The monoisotopic (exact) mass is 583 g/mol. The summed E-state index contributed by atoms with van der Waals surface area (Å²) in [4.78, 5) is 16.3. The SMILES string of the molecule is COc1ccc(S(=O)(=O)N(Cc2ccccc2)c2ccccc2C(=O)NCc2ccccc2CN2CCCCC2)cc1. The summed E-state index contributed by atoms with van der Waals surface area (Å²) >= 11 is 0. The third kappa shape index (κ3) is 7.01. The van der Waals surface area contributed by atoms with Gasteiger partial charge in [0.1, 0.15) is 5.75 Å². The van der Waals surface area contributed by atoms with Gasteiger partial charge in [0.2, 0.25) is 0 Å². The summed E-state index contributed by atoms with van der Waals surface area (Å²) in [7, 11) is -2.50. The van der Waals surface area contributed by atoms with Gasteiger partial charge in [0.05, 0.1) is 29.8 Å². The van der Waals surface area contributed by atoms with Gasteiger partial charge in [-0.3, -0.25) is 14.0 Å². The molecule has 4 aromatic rings. The molecule has 0 radical (unpaired) electrons. The number of para-hydroxylation sites is 1. The number of carbonyl (C=O) groups is 1. The first-order valence-corrected chi connectivity index (χ1v) is 15.8. The van der Waals surface area contributed by atoms with Crippen molar-refractivity contribution < 1.29 is 17.9 Å². The van der Waals surface area contributed by atoms with Crippen molar-refractivity contribution in [1.29, 1.82) is 0 Å². The molecule has 1 fully saturated rings. The van der Waals surface area contributed by atoms with Crippen molar-refractivity contribution >= 4 is 21.6 Å². The van der Waals surface area contributed by atoms with Gasteiger partial charge in [0, 0.05) is 13.1 Å². The molecule has 1 saturated heterocycles. The predicted octanol–water partition coefficient (Wildman–Crippen LogP) is 6.01. The highest BCUT2D eigenvalue weighted by atomic mass is 32.2. The van der Waals surface area contributed by atoms with Crippen LogP contribution in [0.1, 0.15) is 46.3 Å². The largest absolute Gasteiger partial charge is 0.497 e. The van der Waals surface area contributed by atoms with Crippen LogP contribution in [0.4, 0.5) is 5.69 Å². The van der Waals surface area contributed by atoms with Crippen molar-refractivity contribution in [3.8, 4) is 5.75 Å². The van der Waals surface area contributed by atoms with E-state index in [2.05, 4.69) is 16.3 Å². The Morgan fingerprint density at radius 3 is 2.17 bits per heavy atom. The lowest BCUT2D eigenvalue weighted by molar-refractivity contribution is 0.0951. The second kappa shape index (κ2) is 13.7. The fraction of sp³-hybridized carbons (Fsp3) is 0.265. The Morgan fingerprint density at radius 1 is 0.810 bits per heavy atom. The molecule has 0 atom stereocenters. The third-order valence-electron chi connectivity index (χ3n) is 7.63. The Balaban J connectivity index is 1.43. The number of benzene rings is 4. The topological polar surface area (TPSA) is 79.0 Å². The maximum atomic E-state index is 14.1. The molecule has 1 amide bonds. The molecule has 8 heteroatoms. The van der Waals surface area contributed by atoms with Crippen molar-refractivity contribution in [2.75, 3.05) is 24.5 Å². The van der Waals surface area contributed by atoms with Crippen LogP contribution in [-0.2, 0) is 29.7 Å². The normalized spacial score (nSPS) is 13.8. The predicted molar refractivity (Wildman–Crippen MR) is 166 cm³/mol. The fourth-order valence-corrected chi connectivity index (χ4v) is 6.79. The summed E-state index contributed by atoms with van der Waals surface area (Å²) in [6.07, 6.45) is 3.71. The van der Waals surface area contributed by atoms with Gasteiger partial charge in [-0.15, -0.1) is 0 Å². The van der Waals surface area contributed by atoms with Crippen LogP contribution < -0.4 is 14.4 Å². The second-order valence-electron chi connectivity index (χ2n) is 10.5. The number of nitrogens with one attached hydrogen (secondary N) is 1. The van der Waals surface area contributed by atoms with Crippen LogP contribution in [0.25, 0.3) is 0 Å². The van der Waals surface area contributed by atoms with Gasteiger partial charge >= 0.3 is 0 Å². The molecule has 42 heavy (non-hydrogen) atoms. The Hall–Kier alpha value is -4.14. The molecule has 1 aliphatic heterocycles. The molecule has 0 unspecified atom stereocenters. The number of anilines is 1. The first-order valence-electron chi connectivity index (χ1n) is 14.3. The first kappa shape index (κ1) is 29.4. The quantitative estimate of drug-likeness (QED) is 0.234. The number of amides is 1. The molecule has 0 aromatic heterocycles. The molecule has 1 heterocycles. The third-order valence-corrected chi connectivity index (χ3v) is 9.41. The number of rotatable bonds is 11. The average molecular weight is 584 g/mol. The molecular weight excluding hydrogens is 546 g/mol. The van der Waals surface area contributed by atoms with Crippen LogP contribution in [0.5, 0.6) is 5.75 Å². The molecule has 0 aliphatic carbocycles. The Kier molecular flexibility index (Phi) is 9.56. The molecular formula is C34H37N3O4S. The van der Waals surface area contributed by atoms with E-state index in [1.807, 2.05) is 48.5 Å². The van der Waals surface area contributed by atoms with E-state index in [0.717, 1.165) is 30.8 Å². The molecule has 5 rings (SSSR count). The molecule has 0 bridgehead atoms. The van der Waals surface area contributed by atoms with Crippen molar-refractivity contribution in [2.45, 2.75) is 43.8 Å². The maximum absolute atomic E-state index is 14.1. The molecule has 7 nitrogen and oxygen atoms in total. The Morgan fingerprint density at radius 2 is 1.45 bits per heavy atom. The zero-order valence-electron chi connectivity index (χ0n) is 23.9. The fourth-order valence-electron chi connectivity index (χ4n) is 5.32. The molecule has 4 aromatic carbocycles. The number of nitrogens with zero attached hydrogens (tertiary/aromatic N) is 2. The van der Waals surface area contributed by atoms with E-state index in [4.69, 9.17) is 4.74 Å². The smallest absolute Gasteiger partial charge is 0.264 e. The minimum atomic E-state index is -4.03. The van der Waals surface area contributed by atoms with Crippen LogP contribution in [0.15, 0.2) is 108 Å². The number of sulfonamides is 1. The van der Waals surface area contributed by atoms with E-state index >= 15 is 0 Å². The van der Waals surface area contributed by atoms with Crippen LogP contribution in [0.3, 0.4) is 0 Å². The lowest BCUT2D eigenvalue weighted by Crippen LogP contribution is -2.33. The molecule has 218 valence electrons. The molecule has 1 N–H and O–H groups in total. The van der Waals surface area contributed by atoms with Crippen LogP contribution in [0.2, 0.25) is 0 Å². The number of hydrogen-bond acceptors (Lipinski definition) is 5. The van der Waals surface area contributed by atoms with Crippen LogP contribution in [0, 0.1) is 0 Å². The zero-order chi connectivity index (χ0) is 29.4. The van der Waals surface area contributed by atoms with E-state index in [0.29, 0.717) is 23.5 Å². The summed E-state index contributed by atoms with van der Waals surface area (Å²) < 4.78 is 34.7. The highest BCUT2D eigenvalue weighted by Crippen LogP contribution is 2.30. The number of methoxy groups -OCH3 is 1. The summed E-state index contributed by atoms with van der Waals surface area (Å²) in [6.45, 7) is 3.45. The number of carbonyl (C=O) groups excluding carboxylic acids is 1. The Bertz CT molecular complexity index is 1580. The number of hydrogen-bond donors (Lipinski definition) is 1. The van der Waals surface area contributed by atoms with Gasteiger partial charge < -0.3 is 10.1 Å². The van der Waals surface area contributed by atoms with Gasteiger partial charge in [0.15, 0.2) is 0 Å². The minimum Gasteiger partial charge on any atom is -0.497 e. The summed E-state index contributed by atoms with van der Waals surface area (Å²) in [5.41, 5.74) is 3.66. The van der Waals surface area contributed by atoms with Gasteiger partial charge in [-0.1, -0.05) is 73.2 Å². The molecule has 0 spiro atoms. The second-order valence-corrected chi connectivity index (χ2v) is 12.3. The summed E-state index contributed by atoms with van der Waals surface area (Å²) in [5.74, 6) is 0.227. The van der Waals surface area contributed by atoms with E-state index in [1.165, 1.54) is 48.4 Å². The van der Waals surface area contributed by atoms with Crippen LogP contribution in [-0.4, -0.2) is 39.4 Å². The Labute approximate surface area is 248 Å². The lowest BCUT2D eigenvalue weighted by Gasteiger charge is -2.27. The standard InChI is InChI=1S/C34H37N3O4S/c1-41-30-18-20-31(21-19-30)42(39,40)37(25-27-12-4-2-5-13-27)33-17-9-8-16-32(33)34(38)35-24-28-14-6-7-15-29(28)26-36-22-10-3-11-23-36/h2,4-9,12-21H,3,10-11,22-26H2,1H3,(H,35,38). The van der Waals surface area contributed by atoms with Crippen molar-refractivity contribution in [2.24, 2.45) is 0 Å². The van der Waals surface area contributed by atoms with Crippen molar-refractivity contribution in [3.63, 3.8) is 0 Å². The summed E-state index contributed by atoms with van der Waals surface area (Å²) in [5, 5.41) is 3.06.